The summed E-state index contributed by atoms with van der Waals surface area (Å²) >= 11 is 0. The van der Waals surface area contributed by atoms with Gasteiger partial charge in [0.15, 0.2) is 5.75 Å². The zero-order valence-corrected chi connectivity index (χ0v) is 7.24. The number of hydrogen-bond donors (Lipinski definition) is 2. The summed E-state index contributed by atoms with van der Waals surface area (Å²) in [6.07, 6.45) is 0. The Morgan fingerprint density at radius 2 is 2.08 bits per heavy atom. The molecule has 3 nitrogen and oxygen atoms in total. The predicted octanol–water partition coefficient (Wildman–Crippen LogP) is 1.77. The summed E-state index contributed by atoms with van der Waals surface area (Å²) in [5.74, 6) is 5.94. The standard InChI is InChI=1S/C9H13NO2/c1-6(2)8-4-3-7(12-10)5-9(8)11/h3-6,11H,10H2,1-2H3. The van der Waals surface area contributed by atoms with Gasteiger partial charge in [0.2, 0.25) is 0 Å². The molecule has 0 aromatic heterocycles. The maximum Gasteiger partial charge on any atom is 0.150 e. The Morgan fingerprint density at radius 1 is 1.42 bits per heavy atom. The van der Waals surface area contributed by atoms with Gasteiger partial charge < -0.3 is 9.94 Å². The van der Waals surface area contributed by atoms with Crippen molar-refractivity contribution in [2.24, 2.45) is 5.90 Å². The number of hydrogen-bond acceptors (Lipinski definition) is 3. The van der Waals surface area contributed by atoms with Crippen molar-refractivity contribution in [2.45, 2.75) is 19.8 Å². The molecule has 3 N–H and O–H groups in total. The van der Waals surface area contributed by atoms with Gasteiger partial charge in [-0.05, 0) is 17.5 Å². The van der Waals surface area contributed by atoms with Crippen LogP contribution in [0.5, 0.6) is 11.5 Å². The summed E-state index contributed by atoms with van der Waals surface area (Å²) in [6, 6.07) is 5.05. The molecule has 1 rings (SSSR count). The van der Waals surface area contributed by atoms with Gasteiger partial charge in [0.05, 0.1) is 0 Å². The predicted molar refractivity (Wildman–Crippen MR) is 47.0 cm³/mol. The van der Waals surface area contributed by atoms with E-state index < -0.39 is 0 Å². The van der Waals surface area contributed by atoms with Crippen molar-refractivity contribution in [3.63, 3.8) is 0 Å². The lowest BCUT2D eigenvalue weighted by atomic mass is 10.0. The van der Waals surface area contributed by atoms with E-state index in [0.29, 0.717) is 11.7 Å². The maximum atomic E-state index is 9.46. The van der Waals surface area contributed by atoms with E-state index in [2.05, 4.69) is 4.84 Å². The van der Waals surface area contributed by atoms with Gasteiger partial charge in [-0.2, -0.15) is 5.90 Å². The Bertz CT molecular complexity index is 271. The fourth-order valence-electron chi connectivity index (χ4n) is 1.09. The average Bonchev–Trinajstić information content (AvgIpc) is 2.03. The van der Waals surface area contributed by atoms with E-state index in [0.717, 1.165) is 5.56 Å². The molecule has 0 radical (unpaired) electrons. The lowest BCUT2D eigenvalue weighted by molar-refractivity contribution is 0.331. The van der Waals surface area contributed by atoms with Crippen molar-refractivity contribution in [3.8, 4) is 11.5 Å². The molecule has 1 aromatic rings. The van der Waals surface area contributed by atoms with Gasteiger partial charge in [-0.1, -0.05) is 19.9 Å². The van der Waals surface area contributed by atoms with Crippen molar-refractivity contribution in [2.75, 3.05) is 0 Å². The summed E-state index contributed by atoms with van der Waals surface area (Å²) in [5.41, 5.74) is 0.899. The van der Waals surface area contributed by atoms with E-state index in [1.165, 1.54) is 6.07 Å². The molecule has 0 saturated heterocycles. The van der Waals surface area contributed by atoms with E-state index in [1.54, 1.807) is 6.07 Å². The Balaban J connectivity index is 3.03. The van der Waals surface area contributed by atoms with Gasteiger partial charge in [0.1, 0.15) is 5.75 Å². The number of rotatable bonds is 2. The third kappa shape index (κ3) is 1.68. The minimum absolute atomic E-state index is 0.230. The molecule has 0 fully saturated rings. The highest BCUT2D eigenvalue weighted by atomic mass is 16.6. The molecule has 0 spiro atoms. The molecule has 12 heavy (non-hydrogen) atoms. The first-order valence-corrected chi connectivity index (χ1v) is 3.84. The van der Waals surface area contributed by atoms with Crippen LogP contribution < -0.4 is 10.7 Å². The summed E-state index contributed by atoms with van der Waals surface area (Å²) < 4.78 is 0. The molecule has 0 saturated carbocycles. The summed E-state index contributed by atoms with van der Waals surface area (Å²) in [7, 11) is 0. The molecule has 0 aliphatic carbocycles. The van der Waals surface area contributed by atoms with E-state index in [9.17, 15) is 5.11 Å². The highest BCUT2D eigenvalue weighted by Gasteiger charge is 2.06. The largest absolute Gasteiger partial charge is 0.508 e. The van der Waals surface area contributed by atoms with Crippen LogP contribution in [0.2, 0.25) is 0 Å². The summed E-state index contributed by atoms with van der Waals surface area (Å²) in [4.78, 5) is 4.47. The van der Waals surface area contributed by atoms with Gasteiger partial charge >= 0.3 is 0 Å². The van der Waals surface area contributed by atoms with Crippen molar-refractivity contribution >= 4 is 0 Å². The fourth-order valence-corrected chi connectivity index (χ4v) is 1.09. The molecule has 0 amide bonds. The van der Waals surface area contributed by atoms with Crippen LogP contribution in [0.3, 0.4) is 0 Å². The molecule has 66 valence electrons. The monoisotopic (exact) mass is 167 g/mol. The molecule has 1 aromatic carbocycles. The van der Waals surface area contributed by atoms with Crippen LogP contribution >= 0.6 is 0 Å². The third-order valence-corrected chi connectivity index (χ3v) is 1.76. The maximum absolute atomic E-state index is 9.46. The zero-order valence-electron chi connectivity index (χ0n) is 7.24. The highest BCUT2D eigenvalue weighted by molar-refractivity contribution is 5.41. The lowest BCUT2D eigenvalue weighted by Crippen LogP contribution is -2.01. The SMILES string of the molecule is CC(C)c1ccc(ON)cc1O. The molecule has 0 heterocycles. The van der Waals surface area contributed by atoms with E-state index in [1.807, 2.05) is 19.9 Å². The Morgan fingerprint density at radius 3 is 2.50 bits per heavy atom. The van der Waals surface area contributed by atoms with E-state index in [-0.39, 0.29) is 5.75 Å². The quantitative estimate of drug-likeness (QED) is 0.660. The van der Waals surface area contributed by atoms with Gasteiger partial charge in [-0.15, -0.1) is 0 Å². The number of benzene rings is 1. The van der Waals surface area contributed by atoms with Crippen LogP contribution in [0.15, 0.2) is 18.2 Å². The number of phenolic OH excluding ortho intramolecular Hbond substituents is 1. The van der Waals surface area contributed by atoms with Crippen LogP contribution in [0, 0.1) is 0 Å². The number of nitrogens with two attached hydrogens (primary N) is 1. The first-order chi connectivity index (χ1) is 5.65. The summed E-state index contributed by atoms with van der Waals surface area (Å²) in [5, 5.41) is 9.46. The van der Waals surface area contributed by atoms with Crippen LogP contribution in [0.1, 0.15) is 25.3 Å². The highest BCUT2D eigenvalue weighted by Crippen LogP contribution is 2.28. The molecule has 3 heteroatoms. The summed E-state index contributed by atoms with van der Waals surface area (Å²) in [6.45, 7) is 4.02. The minimum Gasteiger partial charge on any atom is -0.508 e. The van der Waals surface area contributed by atoms with Gasteiger partial charge in [-0.25, -0.2) is 0 Å². The molecule has 0 aliphatic heterocycles. The molecule has 0 atom stereocenters. The smallest absolute Gasteiger partial charge is 0.150 e. The third-order valence-electron chi connectivity index (χ3n) is 1.76. The first-order valence-electron chi connectivity index (χ1n) is 3.84. The molecular weight excluding hydrogens is 154 g/mol. The Labute approximate surface area is 71.7 Å². The second-order valence-electron chi connectivity index (χ2n) is 2.99. The fraction of sp³-hybridized carbons (Fsp3) is 0.333. The molecule has 0 unspecified atom stereocenters. The second kappa shape index (κ2) is 3.45. The van der Waals surface area contributed by atoms with Gasteiger partial charge in [0, 0.05) is 6.07 Å². The lowest BCUT2D eigenvalue weighted by Gasteiger charge is -2.08. The van der Waals surface area contributed by atoms with Crippen LogP contribution in [-0.4, -0.2) is 5.11 Å². The Kier molecular flexibility index (Phi) is 2.55. The van der Waals surface area contributed by atoms with Gasteiger partial charge in [0.25, 0.3) is 0 Å². The zero-order chi connectivity index (χ0) is 9.14. The van der Waals surface area contributed by atoms with E-state index in [4.69, 9.17) is 5.90 Å². The van der Waals surface area contributed by atoms with Crippen molar-refractivity contribution in [1.29, 1.82) is 0 Å². The molecular formula is C9H13NO2. The van der Waals surface area contributed by atoms with Crippen LogP contribution in [-0.2, 0) is 0 Å². The van der Waals surface area contributed by atoms with Crippen molar-refractivity contribution in [1.82, 2.24) is 0 Å². The number of aromatic hydroxyl groups is 1. The molecule has 0 bridgehead atoms. The first kappa shape index (κ1) is 8.87. The van der Waals surface area contributed by atoms with Crippen LogP contribution in [0.25, 0.3) is 0 Å². The van der Waals surface area contributed by atoms with Crippen molar-refractivity contribution in [3.05, 3.63) is 23.8 Å². The normalized spacial score (nSPS) is 10.3. The average molecular weight is 167 g/mol. The molecule has 0 aliphatic rings. The van der Waals surface area contributed by atoms with Crippen LogP contribution in [0.4, 0.5) is 0 Å². The number of phenols is 1. The minimum atomic E-state index is 0.230. The van der Waals surface area contributed by atoms with Crippen molar-refractivity contribution < 1.29 is 9.94 Å². The van der Waals surface area contributed by atoms with Gasteiger partial charge in [-0.3, -0.25) is 0 Å². The Hall–Kier alpha value is -1.22. The van der Waals surface area contributed by atoms with E-state index >= 15 is 0 Å². The second-order valence-corrected chi connectivity index (χ2v) is 2.99. The topological polar surface area (TPSA) is 55.5 Å².